The van der Waals surface area contributed by atoms with Gasteiger partial charge in [-0.05, 0) is 33.2 Å². The summed E-state index contributed by atoms with van der Waals surface area (Å²) < 4.78 is 0. The molecule has 0 amide bonds. The van der Waals surface area contributed by atoms with Gasteiger partial charge in [-0.3, -0.25) is 0 Å². The van der Waals surface area contributed by atoms with Crippen molar-refractivity contribution in [3.8, 4) is 0 Å². The van der Waals surface area contributed by atoms with Crippen LogP contribution in [0.4, 0.5) is 0 Å². The summed E-state index contributed by atoms with van der Waals surface area (Å²) in [4.78, 5) is 2.40. The number of piperidine rings is 1. The van der Waals surface area contributed by atoms with Crippen LogP contribution in [0.25, 0.3) is 0 Å². The van der Waals surface area contributed by atoms with Gasteiger partial charge in [0.1, 0.15) is 0 Å². The first kappa shape index (κ1) is 7.80. The van der Waals surface area contributed by atoms with Gasteiger partial charge in [-0.25, -0.2) is 0 Å². The molecular weight excluding hydrogens is 122 g/mol. The zero-order valence-electron chi connectivity index (χ0n) is 6.77. The van der Waals surface area contributed by atoms with Crippen molar-refractivity contribution in [3.63, 3.8) is 0 Å². The molecule has 1 aliphatic heterocycles. The Labute approximate surface area is 63.7 Å². The van der Waals surface area contributed by atoms with E-state index in [1.165, 1.54) is 25.9 Å². The fourth-order valence-electron chi connectivity index (χ4n) is 1.35. The normalized spacial score (nSPS) is 21.2. The molecule has 1 fully saturated rings. The fraction of sp³-hybridized carbons (Fsp3) is 0.667. The van der Waals surface area contributed by atoms with Gasteiger partial charge in [0.15, 0.2) is 0 Å². The number of hydrogen-bond acceptors (Lipinski definition) is 1. The monoisotopic (exact) mass is 138 g/mol. The summed E-state index contributed by atoms with van der Waals surface area (Å²) >= 11 is 0. The highest BCUT2D eigenvalue weighted by molar-refractivity contribution is 5.03. The molecule has 1 heterocycles. The standard InChI is InChI=1S/C9H16N/c1-3-9-5-7-10(4-2)8-6-9/h3H,2,4-8H2,1H3. The van der Waals surface area contributed by atoms with Crippen molar-refractivity contribution >= 4 is 0 Å². The third-order valence-corrected chi connectivity index (χ3v) is 2.22. The summed E-state index contributed by atoms with van der Waals surface area (Å²) in [5.74, 6) is 0. The second-order valence-corrected chi connectivity index (χ2v) is 2.79. The van der Waals surface area contributed by atoms with E-state index in [-0.39, 0.29) is 0 Å². The van der Waals surface area contributed by atoms with Crippen molar-refractivity contribution in [2.24, 2.45) is 0 Å². The summed E-state index contributed by atoms with van der Waals surface area (Å²) in [5, 5.41) is 0. The maximum absolute atomic E-state index is 3.87. The molecule has 0 N–H and O–H groups in total. The van der Waals surface area contributed by atoms with Crippen molar-refractivity contribution in [3.05, 3.63) is 18.6 Å². The van der Waals surface area contributed by atoms with Crippen LogP contribution in [-0.4, -0.2) is 24.5 Å². The van der Waals surface area contributed by atoms with Crippen molar-refractivity contribution < 1.29 is 0 Å². The lowest BCUT2D eigenvalue weighted by Gasteiger charge is -2.26. The zero-order chi connectivity index (χ0) is 7.40. The number of nitrogens with zero attached hydrogens (tertiary/aromatic N) is 1. The molecule has 0 spiro atoms. The maximum Gasteiger partial charge on any atom is 0.00187 e. The molecule has 1 radical (unpaired) electrons. The summed E-state index contributed by atoms with van der Waals surface area (Å²) in [6, 6.07) is 0. The largest absolute Gasteiger partial charge is 0.303 e. The molecule has 0 bridgehead atoms. The van der Waals surface area contributed by atoms with Gasteiger partial charge in [0.05, 0.1) is 0 Å². The lowest BCUT2D eigenvalue weighted by Crippen LogP contribution is -2.30. The van der Waals surface area contributed by atoms with E-state index in [1.807, 2.05) is 0 Å². The van der Waals surface area contributed by atoms with E-state index < -0.39 is 0 Å². The smallest absolute Gasteiger partial charge is 0.00187 e. The summed E-state index contributed by atoms with van der Waals surface area (Å²) in [6.07, 6.45) is 4.76. The second kappa shape index (κ2) is 3.77. The SMILES string of the molecule is [CH2]CN1CCC(=CC)CC1. The van der Waals surface area contributed by atoms with Crippen molar-refractivity contribution in [1.29, 1.82) is 0 Å². The van der Waals surface area contributed by atoms with Crippen LogP contribution in [0.15, 0.2) is 11.6 Å². The third-order valence-electron chi connectivity index (χ3n) is 2.22. The quantitative estimate of drug-likeness (QED) is 0.500. The maximum atomic E-state index is 3.87. The van der Waals surface area contributed by atoms with Crippen LogP contribution in [-0.2, 0) is 0 Å². The van der Waals surface area contributed by atoms with Gasteiger partial charge in [-0.1, -0.05) is 11.6 Å². The Morgan fingerprint density at radius 2 is 2.10 bits per heavy atom. The van der Waals surface area contributed by atoms with Crippen molar-refractivity contribution in [2.45, 2.75) is 19.8 Å². The first-order chi connectivity index (χ1) is 4.86. The molecule has 0 aromatic carbocycles. The lowest BCUT2D eigenvalue weighted by molar-refractivity contribution is 0.281. The third kappa shape index (κ3) is 1.84. The Kier molecular flexibility index (Phi) is 2.94. The van der Waals surface area contributed by atoms with Crippen LogP contribution >= 0.6 is 0 Å². The van der Waals surface area contributed by atoms with Gasteiger partial charge < -0.3 is 4.90 Å². The molecule has 0 aromatic rings. The number of allylic oxidation sites excluding steroid dienone is 1. The predicted octanol–water partition coefficient (Wildman–Crippen LogP) is 1.86. The van der Waals surface area contributed by atoms with E-state index in [4.69, 9.17) is 0 Å². The molecule has 0 unspecified atom stereocenters. The van der Waals surface area contributed by atoms with Crippen molar-refractivity contribution in [2.75, 3.05) is 19.6 Å². The average Bonchev–Trinajstić information content (AvgIpc) is 2.05. The molecular formula is C9H16N. The van der Waals surface area contributed by atoms with Crippen LogP contribution in [0, 0.1) is 6.92 Å². The molecule has 1 aliphatic rings. The first-order valence-corrected chi connectivity index (χ1v) is 4.02. The topological polar surface area (TPSA) is 3.24 Å². The van der Waals surface area contributed by atoms with E-state index in [1.54, 1.807) is 5.57 Å². The van der Waals surface area contributed by atoms with Gasteiger partial charge in [0, 0.05) is 13.1 Å². The van der Waals surface area contributed by atoms with Gasteiger partial charge >= 0.3 is 0 Å². The predicted molar refractivity (Wildman–Crippen MR) is 44.8 cm³/mol. The molecule has 10 heavy (non-hydrogen) atoms. The first-order valence-electron chi connectivity index (χ1n) is 4.02. The molecule has 1 rings (SSSR count). The number of likely N-dealkylation sites (tertiary alicyclic amines) is 1. The summed E-state index contributed by atoms with van der Waals surface area (Å²) in [7, 11) is 0. The number of rotatable bonds is 1. The number of hydrogen-bond donors (Lipinski definition) is 0. The van der Waals surface area contributed by atoms with Gasteiger partial charge in [-0.15, -0.1) is 0 Å². The molecule has 0 saturated carbocycles. The van der Waals surface area contributed by atoms with Crippen LogP contribution in [0.5, 0.6) is 0 Å². The molecule has 0 aliphatic carbocycles. The van der Waals surface area contributed by atoms with Crippen LogP contribution < -0.4 is 0 Å². The van der Waals surface area contributed by atoms with Gasteiger partial charge in [0.2, 0.25) is 0 Å². The van der Waals surface area contributed by atoms with E-state index in [0.29, 0.717) is 0 Å². The van der Waals surface area contributed by atoms with E-state index in [9.17, 15) is 0 Å². The van der Waals surface area contributed by atoms with E-state index >= 15 is 0 Å². The Morgan fingerprint density at radius 3 is 2.50 bits per heavy atom. The molecule has 1 nitrogen and oxygen atoms in total. The van der Waals surface area contributed by atoms with Gasteiger partial charge in [-0.2, -0.15) is 0 Å². The minimum absolute atomic E-state index is 0.969. The highest BCUT2D eigenvalue weighted by Crippen LogP contribution is 2.14. The van der Waals surface area contributed by atoms with E-state index in [0.717, 1.165) is 6.54 Å². The molecule has 0 atom stereocenters. The van der Waals surface area contributed by atoms with Crippen LogP contribution in [0.2, 0.25) is 0 Å². The highest BCUT2D eigenvalue weighted by atomic mass is 15.1. The van der Waals surface area contributed by atoms with Gasteiger partial charge in [0.25, 0.3) is 0 Å². The summed E-state index contributed by atoms with van der Waals surface area (Å²) in [5.41, 5.74) is 1.62. The Morgan fingerprint density at radius 1 is 1.50 bits per heavy atom. The Balaban J connectivity index is 2.31. The van der Waals surface area contributed by atoms with Crippen molar-refractivity contribution in [1.82, 2.24) is 4.90 Å². The summed E-state index contributed by atoms with van der Waals surface area (Å²) in [6.45, 7) is 9.39. The second-order valence-electron chi connectivity index (χ2n) is 2.79. The lowest BCUT2D eigenvalue weighted by atomic mass is 10.0. The molecule has 57 valence electrons. The zero-order valence-corrected chi connectivity index (χ0v) is 6.77. The fourth-order valence-corrected chi connectivity index (χ4v) is 1.35. The van der Waals surface area contributed by atoms with Crippen LogP contribution in [0.3, 0.4) is 0 Å². The van der Waals surface area contributed by atoms with Crippen LogP contribution in [0.1, 0.15) is 19.8 Å². The molecule has 0 aromatic heterocycles. The highest BCUT2D eigenvalue weighted by Gasteiger charge is 2.10. The minimum Gasteiger partial charge on any atom is -0.303 e. The average molecular weight is 138 g/mol. The van der Waals surface area contributed by atoms with E-state index in [2.05, 4.69) is 24.8 Å². The Bertz CT molecular complexity index is 117. The minimum atomic E-state index is 0.969. The molecule has 1 heteroatoms. The molecule has 1 saturated heterocycles. The Hall–Kier alpha value is -0.300.